The molecule has 0 aromatic carbocycles. The second-order valence-corrected chi connectivity index (χ2v) is 7.12. The zero-order chi connectivity index (χ0) is 17.0. The number of hydrogen-bond acceptors (Lipinski definition) is 6. The smallest absolute Gasteiger partial charge is 0.326 e. The molecule has 1 atom stereocenters. The number of rotatable bonds is 7. The standard InChI is InChI=1S/C14H17N3O4S2/c1-8(2)12(13(20)21)16-10(18)7-22-6-9-5-11(19)17-3-4-23-14(17)15-9/h3-5,8,12H,6-7H2,1-2H3,(H,16,18)(H,20,21). The van der Waals surface area contributed by atoms with Crippen molar-refractivity contribution in [3.63, 3.8) is 0 Å². The van der Waals surface area contributed by atoms with E-state index >= 15 is 0 Å². The molecule has 0 fully saturated rings. The van der Waals surface area contributed by atoms with E-state index in [-0.39, 0.29) is 23.1 Å². The minimum absolute atomic E-state index is 0.113. The molecule has 7 nitrogen and oxygen atoms in total. The van der Waals surface area contributed by atoms with Gasteiger partial charge in [0.15, 0.2) is 4.96 Å². The van der Waals surface area contributed by atoms with Gasteiger partial charge < -0.3 is 10.4 Å². The number of thioether (sulfide) groups is 1. The van der Waals surface area contributed by atoms with E-state index in [0.29, 0.717) is 16.4 Å². The van der Waals surface area contributed by atoms with Gasteiger partial charge in [-0.1, -0.05) is 13.8 Å². The highest BCUT2D eigenvalue weighted by atomic mass is 32.2. The highest BCUT2D eigenvalue weighted by Gasteiger charge is 2.23. The Balaban J connectivity index is 1.89. The number of nitrogens with zero attached hydrogens (tertiary/aromatic N) is 2. The zero-order valence-electron chi connectivity index (χ0n) is 12.7. The van der Waals surface area contributed by atoms with Crippen molar-refractivity contribution in [1.29, 1.82) is 0 Å². The van der Waals surface area contributed by atoms with Crippen molar-refractivity contribution in [2.24, 2.45) is 5.92 Å². The number of carboxylic acids is 1. The maximum Gasteiger partial charge on any atom is 0.326 e. The number of aromatic nitrogens is 2. The van der Waals surface area contributed by atoms with Crippen LogP contribution in [0.5, 0.6) is 0 Å². The van der Waals surface area contributed by atoms with Crippen LogP contribution < -0.4 is 10.9 Å². The Morgan fingerprint density at radius 3 is 2.87 bits per heavy atom. The Morgan fingerprint density at radius 2 is 2.22 bits per heavy atom. The van der Waals surface area contributed by atoms with Gasteiger partial charge in [0.2, 0.25) is 5.91 Å². The lowest BCUT2D eigenvalue weighted by atomic mass is 10.1. The predicted octanol–water partition coefficient (Wildman–Crippen LogP) is 1.21. The fourth-order valence-corrected chi connectivity index (χ4v) is 3.41. The number of hydrogen-bond donors (Lipinski definition) is 2. The third-order valence-electron chi connectivity index (χ3n) is 3.09. The summed E-state index contributed by atoms with van der Waals surface area (Å²) < 4.78 is 1.46. The number of fused-ring (bicyclic) bond motifs is 1. The number of nitrogens with one attached hydrogen (secondary N) is 1. The molecule has 2 aromatic heterocycles. The van der Waals surface area contributed by atoms with E-state index in [9.17, 15) is 14.4 Å². The largest absolute Gasteiger partial charge is 0.480 e. The number of carbonyl (C=O) groups is 2. The molecule has 0 aliphatic carbocycles. The third-order valence-corrected chi connectivity index (χ3v) is 4.81. The SMILES string of the molecule is CC(C)C(NC(=O)CSCc1cc(=O)n2ccsc2n1)C(=O)O. The molecule has 1 unspecified atom stereocenters. The molecule has 0 saturated carbocycles. The lowest BCUT2D eigenvalue weighted by Gasteiger charge is -2.17. The third kappa shape index (κ3) is 4.55. The normalized spacial score (nSPS) is 12.5. The molecule has 124 valence electrons. The van der Waals surface area contributed by atoms with Crippen molar-refractivity contribution >= 4 is 39.9 Å². The summed E-state index contributed by atoms with van der Waals surface area (Å²) in [4.78, 5) is 39.6. The Labute approximate surface area is 140 Å². The van der Waals surface area contributed by atoms with Crippen LogP contribution in [0.15, 0.2) is 22.4 Å². The Bertz CT molecular complexity index is 769. The van der Waals surface area contributed by atoms with Gasteiger partial charge in [-0.15, -0.1) is 23.1 Å². The molecule has 0 saturated heterocycles. The topological polar surface area (TPSA) is 101 Å². The number of thiazole rings is 1. The summed E-state index contributed by atoms with van der Waals surface area (Å²) >= 11 is 2.66. The van der Waals surface area contributed by atoms with Gasteiger partial charge in [-0.3, -0.25) is 14.0 Å². The summed E-state index contributed by atoms with van der Waals surface area (Å²) in [6.07, 6.45) is 1.66. The summed E-state index contributed by atoms with van der Waals surface area (Å²) in [6, 6.07) is 0.548. The molecule has 0 bridgehead atoms. The molecule has 0 radical (unpaired) electrons. The average Bonchev–Trinajstić information content (AvgIpc) is 2.93. The van der Waals surface area contributed by atoms with Crippen LogP contribution in [-0.4, -0.2) is 38.2 Å². The molecule has 0 aliphatic heterocycles. The summed E-state index contributed by atoms with van der Waals surface area (Å²) in [5, 5.41) is 13.3. The minimum atomic E-state index is -1.05. The lowest BCUT2D eigenvalue weighted by molar-refractivity contribution is -0.142. The van der Waals surface area contributed by atoms with Crippen LogP contribution in [-0.2, 0) is 15.3 Å². The quantitative estimate of drug-likeness (QED) is 0.774. The summed E-state index contributed by atoms with van der Waals surface area (Å²) in [6.45, 7) is 3.47. The van der Waals surface area contributed by atoms with Gasteiger partial charge >= 0.3 is 5.97 Å². The molecular formula is C14H17N3O4S2. The maximum atomic E-state index is 11.8. The van der Waals surface area contributed by atoms with Crippen molar-refractivity contribution < 1.29 is 14.7 Å². The first kappa shape index (κ1) is 17.5. The minimum Gasteiger partial charge on any atom is -0.480 e. The van der Waals surface area contributed by atoms with Gasteiger partial charge in [0.25, 0.3) is 5.56 Å². The number of amides is 1. The molecule has 23 heavy (non-hydrogen) atoms. The van der Waals surface area contributed by atoms with Gasteiger partial charge in [-0.05, 0) is 5.92 Å². The number of carboxylic acid groups (broad SMARTS) is 1. The number of aliphatic carboxylic acids is 1. The van der Waals surface area contributed by atoms with Crippen LogP contribution in [0.1, 0.15) is 19.5 Å². The van der Waals surface area contributed by atoms with Gasteiger partial charge in [-0.25, -0.2) is 9.78 Å². The van der Waals surface area contributed by atoms with Gasteiger partial charge in [0.05, 0.1) is 11.4 Å². The monoisotopic (exact) mass is 355 g/mol. The first-order valence-corrected chi connectivity index (χ1v) is 8.97. The molecule has 2 heterocycles. The van der Waals surface area contributed by atoms with E-state index in [1.54, 1.807) is 25.4 Å². The fourth-order valence-electron chi connectivity index (χ4n) is 1.94. The first-order valence-electron chi connectivity index (χ1n) is 6.94. The highest BCUT2D eigenvalue weighted by molar-refractivity contribution is 7.99. The average molecular weight is 355 g/mol. The Kier molecular flexibility index (Phi) is 5.78. The summed E-state index contributed by atoms with van der Waals surface area (Å²) in [7, 11) is 0. The summed E-state index contributed by atoms with van der Waals surface area (Å²) in [5.74, 6) is -1.05. The van der Waals surface area contributed by atoms with E-state index in [1.165, 1.54) is 33.6 Å². The number of carbonyl (C=O) groups excluding carboxylic acids is 1. The van der Waals surface area contributed by atoms with E-state index in [2.05, 4.69) is 10.3 Å². The van der Waals surface area contributed by atoms with Crippen LogP contribution >= 0.6 is 23.1 Å². The maximum absolute atomic E-state index is 11.8. The second kappa shape index (κ2) is 7.60. The molecule has 2 N–H and O–H groups in total. The van der Waals surface area contributed by atoms with Crippen molar-refractivity contribution in [3.8, 4) is 0 Å². The van der Waals surface area contributed by atoms with Crippen molar-refractivity contribution in [3.05, 3.63) is 33.7 Å². The first-order chi connectivity index (χ1) is 10.9. The second-order valence-electron chi connectivity index (χ2n) is 5.26. The van der Waals surface area contributed by atoms with Crippen molar-refractivity contribution in [2.75, 3.05) is 5.75 Å². The van der Waals surface area contributed by atoms with Crippen LogP contribution in [0.2, 0.25) is 0 Å². The fraction of sp³-hybridized carbons (Fsp3) is 0.429. The van der Waals surface area contributed by atoms with Gasteiger partial charge in [0, 0.05) is 23.4 Å². The van der Waals surface area contributed by atoms with Gasteiger partial charge in [-0.2, -0.15) is 0 Å². The van der Waals surface area contributed by atoms with Gasteiger partial charge in [0.1, 0.15) is 6.04 Å². The van der Waals surface area contributed by atoms with Crippen LogP contribution in [0.3, 0.4) is 0 Å². The predicted molar refractivity (Wildman–Crippen MR) is 89.9 cm³/mol. The van der Waals surface area contributed by atoms with E-state index < -0.39 is 12.0 Å². The van der Waals surface area contributed by atoms with Crippen molar-refractivity contribution in [2.45, 2.75) is 25.6 Å². The van der Waals surface area contributed by atoms with Crippen LogP contribution in [0.4, 0.5) is 0 Å². The van der Waals surface area contributed by atoms with Crippen molar-refractivity contribution in [1.82, 2.24) is 14.7 Å². The highest BCUT2D eigenvalue weighted by Crippen LogP contribution is 2.12. The molecule has 1 amide bonds. The Morgan fingerprint density at radius 1 is 1.48 bits per heavy atom. The van der Waals surface area contributed by atoms with E-state index in [0.717, 1.165) is 0 Å². The molecule has 0 spiro atoms. The molecule has 9 heteroatoms. The molecule has 0 aliphatic rings. The Hall–Kier alpha value is -1.87. The summed E-state index contributed by atoms with van der Waals surface area (Å²) in [5.41, 5.74) is 0.455. The van der Waals surface area contributed by atoms with E-state index in [4.69, 9.17) is 5.11 Å². The lowest BCUT2D eigenvalue weighted by Crippen LogP contribution is -2.45. The van der Waals surface area contributed by atoms with Crippen LogP contribution in [0.25, 0.3) is 4.96 Å². The molecule has 2 rings (SSSR count). The van der Waals surface area contributed by atoms with Crippen LogP contribution in [0, 0.1) is 5.92 Å². The zero-order valence-corrected chi connectivity index (χ0v) is 14.3. The van der Waals surface area contributed by atoms with E-state index in [1.807, 2.05) is 0 Å². The molecule has 2 aromatic rings. The molecular weight excluding hydrogens is 338 g/mol.